The van der Waals surface area contributed by atoms with E-state index in [0.717, 1.165) is 38.1 Å². The van der Waals surface area contributed by atoms with E-state index in [1.165, 1.54) is 12.3 Å². The molecule has 4 aromatic rings. The maximum Gasteiger partial charge on any atom is 0.250 e. The Labute approximate surface area is 211 Å². The van der Waals surface area contributed by atoms with Crippen LogP contribution in [0.5, 0.6) is 0 Å². The van der Waals surface area contributed by atoms with Gasteiger partial charge in [-0.2, -0.15) is 4.98 Å². The molecule has 0 bridgehead atoms. The zero-order valence-electron chi connectivity index (χ0n) is 20.0. The molecule has 0 unspecified atom stereocenters. The second-order valence-electron chi connectivity index (χ2n) is 9.54. The molecular formula is C25H26FN9O2. The van der Waals surface area contributed by atoms with Crippen LogP contribution in [0, 0.1) is 11.7 Å². The number of primary amides is 1. The molecule has 11 nitrogen and oxygen atoms in total. The van der Waals surface area contributed by atoms with Gasteiger partial charge in [-0.1, -0.05) is 6.07 Å². The lowest BCUT2D eigenvalue weighted by atomic mass is 9.85. The second-order valence-corrected chi connectivity index (χ2v) is 9.54. The number of nitrogens with one attached hydrogen (secondary N) is 1. The van der Waals surface area contributed by atoms with E-state index >= 15 is 0 Å². The Bertz CT molecular complexity index is 1490. The summed E-state index contributed by atoms with van der Waals surface area (Å²) >= 11 is 0. The minimum Gasteiger partial charge on any atom is -0.366 e. The largest absolute Gasteiger partial charge is 0.366 e. The average Bonchev–Trinajstić information content (AvgIpc) is 3.54. The van der Waals surface area contributed by atoms with Crippen molar-refractivity contribution in [3.63, 3.8) is 0 Å². The highest BCUT2D eigenvalue weighted by Crippen LogP contribution is 2.30. The van der Waals surface area contributed by atoms with Crippen LogP contribution in [-0.2, 0) is 17.9 Å². The summed E-state index contributed by atoms with van der Waals surface area (Å²) in [6.45, 7) is 1.91. The summed E-state index contributed by atoms with van der Waals surface area (Å²) in [5, 5.41) is 11.6. The van der Waals surface area contributed by atoms with Gasteiger partial charge in [0.15, 0.2) is 5.82 Å². The quantitative estimate of drug-likeness (QED) is 0.426. The van der Waals surface area contributed by atoms with Crippen LogP contribution >= 0.6 is 0 Å². The minimum atomic E-state index is -0.709. The molecule has 4 heterocycles. The number of carbonyl (C=O) groups excluding carboxylic acids is 2. The lowest BCUT2D eigenvalue weighted by Crippen LogP contribution is -2.43. The molecular weight excluding hydrogens is 477 g/mol. The van der Waals surface area contributed by atoms with Crippen LogP contribution < -0.4 is 11.1 Å². The van der Waals surface area contributed by atoms with Crippen LogP contribution in [0.2, 0.25) is 0 Å². The Balaban J connectivity index is 1.13. The number of hydrogen-bond donors (Lipinski definition) is 2. The fourth-order valence-electron chi connectivity index (χ4n) is 5.35. The molecule has 0 radical (unpaired) electrons. The van der Waals surface area contributed by atoms with Gasteiger partial charge < -0.3 is 25.1 Å². The van der Waals surface area contributed by atoms with E-state index in [9.17, 15) is 14.0 Å². The van der Waals surface area contributed by atoms with Gasteiger partial charge in [0.25, 0.3) is 5.91 Å². The van der Waals surface area contributed by atoms with Gasteiger partial charge in [-0.15, -0.1) is 10.2 Å². The molecule has 1 aliphatic carbocycles. The van der Waals surface area contributed by atoms with Crippen molar-refractivity contribution in [1.29, 1.82) is 0 Å². The van der Waals surface area contributed by atoms with Crippen LogP contribution in [-0.4, -0.2) is 58.6 Å². The number of amides is 2. The van der Waals surface area contributed by atoms with Crippen LogP contribution in [0.4, 0.5) is 10.3 Å². The SMILES string of the molecule is NC(=O)c1cn(-c2ccnc(N[C@H]3CC[C@H](C(=O)N4CCn5cnnc5C4)CC3)n2)c2cccc(F)c12. The van der Waals surface area contributed by atoms with Crippen molar-refractivity contribution in [2.75, 3.05) is 11.9 Å². The summed E-state index contributed by atoms with van der Waals surface area (Å²) in [6.07, 6.45) is 8.02. The van der Waals surface area contributed by atoms with E-state index in [4.69, 9.17) is 5.73 Å². The van der Waals surface area contributed by atoms with Crippen molar-refractivity contribution in [2.24, 2.45) is 11.7 Å². The summed E-state index contributed by atoms with van der Waals surface area (Å²) in [5.74, 6) is 0.697. The molecule has 1 fully saturated rings. The summed E-state index contributed by atoms with van der Waals surface area (Å²) in [5.41, 5.74) is 6.08. The summed E-state index contributed by atoms with van der Waals surface area (Å²) in [4.78, 5) is 35.9. The van der Waals surface area contributed by atoms with Gasteiger partial charge >= 0.3 is 0 Å². The molecule has 1 aliphatic heterocycles. The van der Waals surface area contributed by atoms with E-state index in [2.05, 4.69) is 25.5 Å². The fourth-order valence-corrected chi connectivity index (χ4v) is 5.35. The van der Waals surface area contributed by atoms with Crippen molar-refractivity contribution in [1.82, 2.24) is 34.2 Å². The predicted molar refractivity (Wildman–Crippen MR) is 132 cm³/mol. The standard InChI is InChI=1S/C25H26FN9O2/c26-18-2-1-3-19-22(18)17(23(27)36)12-35(19)20-8-9-28-25(31-20)30-16-6-4-15(5-7-16)24(37)33-10-11-34-14-29-32-21(34)13-33/h1-3,8-9,12,14-16H,4-7,10-11,13H2,(H2,27,36)(H,28,30,31)/t15-,16-. The molecule has 190 valence electrons. The van der Waals surface area contributed by atoms with Crippen molar-refractivity contribution < 1.29 is 14.0 Å². The molecule has 3 aromatic heterocycles. The first kappa shape index (κ1) is 23.1. The number of carbonyl (C=O) groups is 2. The van der Waals surface area contributed by atoms with Gasteiger partial charge in [0, 0.05) is 42.8 Å². The van der Waals surface area contributed by atoms with Gasteiger partial charge in [-0.05, 0) is 43.9 Å². The van der Waals surface area contributed by atoms with E-state index in [1.54, 1.807) is 35.3 Å². The molecule has 37 heavy (non-hydrogen) atoms. The minimum absolute atomic E-state index is 0.00636. The maximum absolute atomic E-state index is 14.5. The van der Waals surface area contributed by atoms with Crippen LogP contribution in [0.15, 0.2) is 43.0 Å². The second kappa shape index (κ2) is 9.26. The number of halogens is 1. The normalized spacial score (nSPS) is 19.5. The Hall–Kier alpha value is -4.35. The summed E-state index contributed by atoms with van der Waals surface area (Å²) < 4.78 is 18.1. The number of hydrogen-bond acceptors (Lipinski definition) is 7. The zero-order chi connectivity index (χ0) is 25.5. The molecule has 0 spiro atoms. The first-order valence-corrected chi connectivity index (χ1v) is 12.3. The Morgan fingerprint density at radius 1 is 1.11 bits per heavy atom. The zero-order valence-corrected chi connectivity index (χ0v) is 20.0. The van der Waals surface area contributed by atoms with Crippen molar-refractivity contribution in [3.8, 4) is 5.82 Å². The number of anilines is 1. The number of benzene rings is 1. The topological polar surface area (TPSA) is 137 Å². The predicted octanol–water partition coefficient (Wildman–Crippen LogP) is 2.26. The number of rotatable bonds is 5. The molecule has 1 saturated carbocycles. The summed E-state index contributed by atoms with van der Waals surface area (Å²) in [7, 11) is 0. The third-order valence-electron chi connectivity index (χ3n) is 7.29. The number of aromatic nitrogens is 6. The van der Waals surface area contributed by atoms with Crippen LogP contribution in [0.25, 0.3) is 16.7 Å². The van der Waals surface area contributed by atoms with E-state index < -0.39 is 11.7 Å². The van der Waals surface area contributed by atoms with Crippen molar-refractivity contribution in [3.05, 3.63) is 60.2 Å². The monoisotopic (exact) mass is 503 g/mol. The van der Waals surface area contributed by atoms with E-state index in [0.29, 0.717) is 30.4 Å². The van der Waals surface area contributed by atoms with E-state index in [1.807, 2.05) is 9.47 Å². The lowest BCUT2D eigenvalue weighted by Gasteiger charge is -2.34. The lowest BCUT2D eigenvalue weighted by molar-refractivity contribution is -0.138. The molecule has 3 N–H and O–H groups in total. The van der Waals surface area contributed by atoms with Crippen molar-refractivity contribution in [2.45, 2.75) is 44.8 Å². The molecule has 2 amide bonds. The van der Waals surface area contributed by atoms with Crippen LogP contribution in [0.1, 0.15) is 41.9 Å². The molecule has 12 heteroatoms. The number of fused-ring (bicyclic) bond motifs is 2. The van der Waals surface area contributed by atoms with Crippen LogP contribution in [0.3, 0.4) is 0 Å². The molecule has 0 atom stereocenters. The highest BCUT2D eigenvalue weighted by atomic mass is 19.1. The van der Waals surface area contributed by atoms with Crippen molar-refractivity contribution >= 4 is 28.7 Å². The summed E-state index contributed by atoms with van der Waals surface area (Å²) in [6, 6.07) is 6.40. The average molecular weight is 504 g/mol. The Morgan fingerprint density at radius 3 is 2.76 bits per heavy atom. The van der Waals surface area contributed by atoms with E-state index in [-0.39, 0.29) is 28.8 Å². The third kappa shape index (κ3) is 4.28. The first-order chi connectivity index (χ1) is 18.0. The first-order valence-electron chi connectivity index (χ1n) is 12.3. The van der Waals surface area contributed by atoms with Gasteiger partial charge in [-0.3, -0.25) is 9.59 Å². The Kier molecular flexibility index (Phi) is 5.78. The third-order valence-corrected chi connectivity index (χ3v) is 7.29. The molecule has 2 aliphatic rings. The molecule has 1 aromatic carbocycles. The fraction of sp³-hybridized carbons (Fsp3) is 0.360. The van der Waals surface area contributed by atoms with Gasteiger partial charge in [-0.25, -0.2) is 9.37 Å². The van der Waals surface area contributed by atoms with Gasteiger partial charge in [0.05, 0.1) is 17.6 Å². The molecule has 0 saturated heterocycles. The Morgan fingerprint density at radius 2 is 1.95 bits per heavy atom. The van der Waals surface area contributed by atoms with Gasteiger partial charge in [0.1, 0.15) is 18.0 Å². The highest BCUT2D eigenvalue weighted by molar-refractivity contribution is 6.06. The van der Waals surface area contributed by atoms with Gasteiger partial charge in [0.2, 0.25) is 11.9 Å². The number of nitrogens with zero attached hydrogens (tertiary/aromatic N) is 7. The highest BCUT2D eigenvalue weighted by Gasteiger charge is 2.32. The smallest absolute Gasteiger partial charge is 0.250 e. The molecule has 6 rings (SSSR count). The number of nitrogens with two attached hydrogens (primary N) is 1. The maximum atomic E-state index is 14.5.